The highest BCUT2D eigenvalue weighted by molar-refractivity contribution is 7.46. The molecule has 38 heavy (non-hydrogen) atoms. The molecule has 0 aromatic heterocycles. The van der Waals surface area contributed by atoms with Gasteiger partial charge in [0.2, 0.25) is 17.7 Å². The molecule has 0 radical (unpaired) electrons. The van der Waals surface area contributed by atoms with Crippen molar-refractivity contribution in [2.24, 2.45) is 5.92 Å². The number of benzene rings is 2. The zero-order valence-corrected chi connectivity index (χ0v) is 23.2. The summed E-state index contributed by atoms with van der Waals surface area (Å²) in [6.45, 7) is 5.48. The molecule has 0 spiro atoms. The van der Waals surface area contributed by atoms with Crippen LogP contribution in [-0.4, -0.2) is 53.7 Å². The quantitative estimate of drug-likeness (QED) is 0.238. The highest BCUT2D eigenvalue weighted by atomic mass is 31.2. The van der Waals surface area contributed by atoms with E-state index in [4.69, 9.17) is 9.79 Å². The van der Waals surface area contributed by atoms with Crippen LogP contribution in [0.1, 0.15) is 38.3 Å². The Hall–Kier alpha value is -3.40. The Balaban J connectivity index is 2.09. The molecule has 12 heteroatoms. The van der Waals surface area contributed by atoms with E-state index in [2.05, 4.69) is 20.5 Å². The smallest absolute Gasteiger partial charge is 0.404 e. The summed E-state index contributed by atoms with van der Waals surface area (Å²) in [6.07, 6.45) is 0.494. The van der Waals surface area contributed by atoms with E-state index in [0.29, 0.717) is 18.5 Å². The molecule has 0 heterocycles. The van der Waals surface area contributed by atoms with Gasteiger partial charge in [0.1, 0.15) is 17.8 Å². The number of nitrogens with one attached hydrogen (secondary N) is 3. The molecule has 0 unspecified atom stereocenters. The van der Waals surface area contributed by atoms with Crippen LogP contribution in [0.2, 0.25) is 0 Å². The Kier molecular flexibility index (Phi) is 11.3. The molecule has 0 saturated carbocycles. The van der Waals surface area contributed by atoms with Crippen molar-refractivity contribution in [2.45, 2.75) is 52.2 Å². The fraction of sp³-hybridized carbons (Fsp3) is 0.423. The maximum absolute atomic E-state index is 13.2. The van der Waals surface area contributed by atoms with Crippen LogP contribution in [0.5, 0.6) is 5.75 Å². The first-order valence-electron chi connectivity index (χ1n) is 12.2. The SMILES string of the molecule is CC(=O)N[C@@H](Cc1ccc(OP(=O)(O)O)cc1)C(=O)N[C@@H](CC(C)C)C(=O)NCc1ccc(N(C)C)cc1. The predicted octanol–water partition coefficient (Wildman–Crippen LogP) is 2.12. The topological polar surface area (TPSA) is 157 Å². The van der Waals surface area contributed by atoms with E-state index in [0.717, 1.165) is 11.3 Å². The minimum Gasteiger partial charge on any atom is -0.404 e. The van der Waals surface area contributed by atoms with Gasteiger partial charge in [0.25, 0.3) is 0 Å². The third kappa shape index (κ3) is 10.9. The van der Waals surface area contributed by atoms with E-state index in [9.17, 15) is 18.9 Å². The average molecular weight is 549 g/mol. The lowest BCUT2D eigenvalue weighted by molar-refractivity contribution is -0.132. The van der Waals surface area contributed by atoms with Gasteiger partial charge in [-0.05, 0) is 47.7 Å². The minimum atomic E-state index is -4.69. The van der Waals surface area contributed by atoms with Crippen molar-refractivity contribution in [3.05, 3.63) is 59.7 Å². The van der Waals surface area contributed by atoms with E-state index in [1.54, 1.807) is 0 Å². The molecule has 2 rings (SSSR count). The molecule has 3 amide bonds. The minimum absolute atomic E-state index is 0.0346. The van der Waals surface area contributed by atoms with E-state index in [1.165, 1.54) is 31.2 Å². The molecule has 0 fully saturated rings. The summed E-state index contributed by atoms with van der Waals surface area (Å²) in [7, 11) is -0.806. The fourth-order valence-corrected chi connectivity index (χ4v) is 4.11. The third-order valence-corrected chi connectivity index (χ3v) is 5.99. The van der Waals surface area contributed by atoms with E-state index in [-0.39, 0.29) is 24.0 Å². The fourth-order valence-electron chi connectivity index (χ4n) is 3.71. The summed E-state index contributed by atoms with van der Waals surface area (Å²) in [5, 5.41) is 8.27. The average Bonchev–Trinajstić information content (AvgIpc) is 2.81. The van der Waals surface area contributed by atoms with E-state index < -0.39 is 31.7 Å². The number of hydrogen-bond donors (Lipinski definition) is 5. The van der Waals surface area contributed by atoms with Gasteiger partial charge in [-0.15, -0.1) is 0 Å². The largest absolute Gasteiger partial charge is 0.524 e. The molecule has 0 aliphatic carbocycles. The zero-order chi connectivity index (χ0) is 28.5. The lowest BCUT2D eigenvalue weighted by atomic mass is 10.0. The number of carbonyl (C=O) groups is 3. The normalized spacial score (nSPS) is 12.8. The molecule has 208 valence electrons. The first-order chi connectivity index (χ1) is 17.7. The van der Waals surface area contributed by atoms with Gasteiger partial charge in [0.15, 0.2) is 0 Å². The first kappa shape index (κ1) is 30.8. The first-order valence-corrected chi connectivity index (χ1v) is 13.7. The number of phosphoric ester groups is 1. The molecular weight excluding hydrogens is 511 g/mol. The van der Waals surface area contributed by atoms with Gasteiger partial charge in [-0.2, -0.15) is 0 Å². The van der Waals surface area contributed by atoms with E-state index >= 15 is 0 Å². The molecular formula is C26H37N4O7P. The second-order valence-corrected chi connectivity index (χ2v) is 10.8. The van der Waals surface area contributed by atoms with Crippen LogP contribution in [0, 0.1) is 5.92 Å². The van der Waals surface area contributed by atoms with Crippen LogP contribution in [0.25, 0.3) is 0 Å². The molecule has 2 atom stereocenters. The predicted molar refractivity (Wildman–Crippen MR) is 144 cm³/mol. The summed E-state index contributed by atoms with van der Waals surface area (Å²) in [6, 6.07) is 11.8. The molecule has 0 aliphatic heterocycles. The van der Waals surface area contributed by atoms with Crippen LogP contribution in [0.3, 0.4) is 0 Å². The number of phosphoric acid groups is 1. The Bertz CT molecular complexity index is 1130. The van der Waals surface area contributed by atoms with Gasteiger partial charge in [-0.1, -0.05) is 38.1 Å². The number of rotatable bonds is 13. The highest BCUT2D eigenvalue weighted by Gasteiger charge is 2.27. The van der Waals surface area contributed by atoms with Gasteiger partial charge in [-0.25, -0.2) is 4.57 Å². The number of anilines is 1. The van der Waals surface area contributed by atoms with Crippen molar-refractivity contribution >= 4 is 31.2 Å². The second kappa shape index (κ2) is 13.9. The second-order valence-electron chi connectivity index (χ2n) is 9.65. The number of nitrogens with zero attached hydrogens (tertiary/aromatic N) is 1. The van der Waals surface area contributed by atoms with Gasteiger partial charge >= 0.3 is 7.82 Å². The molecule has 2 aromatic carbocycles. The van der Waals surface area contributed by atoms with Crippen LogP contribution in [0.4, 0.5) is 5.69 Å². The maximum Gasteiger partial charge on any atom is 0.524 e. The zero-order valence-electron chi connectivity index (χ0n) is 22.3. The van der Waals surface area contributed by atoms with Gasteiger partial charge in [0.05, 0.1) is 0 Å². The van der Waals surface area contributed by atoms with Gasteiger partial charge < -0.3 is 25.4 Å². The molecule has 11 nitrogen and oxygen atoms in total. The lowest BCUT2D eigenvalue weighted by Crippen LogP contribution is -2.54. The maximum atomic E-state index is 13.2. The van der Waals surface area contributed by atoms with Crippen molar-refractivity contribution in [1.82, 2.24) is 16.0 Å². The standard InChI is InChI=1S/C26H37N4O7P/c1-17(2)14-23(25(32)27-16-20-6-10-21(11-7-20)30(4)5)29-26(33)24(28-18(3)31)15-19-8-12-22(13-9-19)37-38(34,35)36/h6-13,17,23-24H,14-16H2,1-5H3,(H,27,32)(H,28,31)(H,29,33)(H2,34,35,36)/t23-,24-/m0/s1. The lowest BCUT2D eigenvalue weighted by Gasteiger charge is -2.24. The molecule has 0 saturated heterocycles. The van der Waals surface area contributed by atoms with Crippen LogP contribution in [0.15, 0.2) is 48.5 Å². The third-order valence-electron chi connectivity index (χ3n) is 5.54. The van der Waals surface area contributed by atoms with Gasteiger partial charge in [0, 0.05) is 39.7 Å². The molecule has 0 aliphatic rings. The van der Waals surface area contributed by atoms with Crippen molar-refractivity contribution < 1.29 is 33.3 Å². The van der Waals surface area contributed by atoms with Gasteiger partial charge in [-0.3, -0.25) is 24.2 Å². The van der Waals surface area contributed by atoms with Crippen molar-refractivity contribution in [2.75, 3.05) is 19.0 Å². The Morgan fingerprint density at radius 2 is 1.47 bits per heavy atom. The Morgan fingerprint density at radius 3 is 1.97 bits per heavy atom. The molecule has 2 aromatic rings. The highest BCUT2D eigenvalue weighted by Crippen LogP contribution is 2.37. The summed E-state index contributed by atoms with van der Waals surface area (Å²) in [5.41, 5.74) is 2.57. The number of amides is 3. The van der Waals surface area contributed by atoms with Crippen molar-refractivity contribution in [3.8, 4) is 5.75 Å². The van der Waals surface area contributed by atoms with Crippen LogP contribution >= 0.6 is 7.82 Å². The molecule has 5 N–H and O–H groups in total. The van der Waals surface area contributed by atoms with Crippen molar-refractivity contribution in [3.63, 3.8) is 0 Å². The monoisotopic (exact) mass is 548 g/mol. The van der Waals surface area contributed by atoms with Crippen molar-refractivity contribution in [1.29, 1.82) is 0 Å². The van der Waals surface area contributed by atoms with E-state index in [1.807, 2.05) is 57.1 Å². The summed E-state index contributed by atoms with van der Waals surface area (Å²) >= 11 is 0. The number of carbonyl (C=O) groups excluding carboxylic acids is 3. The Labute approximate surface area is 223 Å². The van der Waals surface area contributed by atoms with Crippen LogP contribution < -0.4 is 25.4 Å². The summed E-state index contributed by atoms with van der Waals surface area (Å²) in [4.78, 5) is 57.8. The molecule has 0 bridgehead atoms. The summed E-state index contributed by atoms with van der Waals surface area (Å²) in [5.74, 6) is -1.19. The summed E-state index contributed by atoms with van der Waals surface area (Å²) < 4.78 is 15.5. The van der Waals surface area contributed by atoms with Crippen LogP contribution in [-0.2, 0) is 31.9 Å². The number of hydrogen-bond acceptors (Lipinski definition) is 6. The Morgan fingerprint density at radius 1 is 0.895 bits per heavy atom.